The summed E-state index contributed by atoms with van der Waals surface area (Å²) in [5.41, 5.74) is 0.696. The average Bonchev–Trinajstić information content (AvgIpc) is 2.96. The van der Waals surface area contributed by atoms with Crippen molar-refractivity contribution in [1.29, 1.82) is 0 Å². The first-order valence-corrected chi connectivity index (χ1v) is 6.09. The maximum Gasteiger partial charge on any atom is 0.339 e. The lowest BCUT2D eigenvalue weighted by atomic mass is 10.1. The highest BCUT2D eigenvalue weighted by Crippen LogP contribution is 2.17. The van der Waals surface area contributed by atoms with E-state index in [4.69, 9.17) is 9.26 Å². The van der Waals surface area contributed by atoms with Gasteiger partial charge in [0.1, 0.15) is 6.61 Å². The quantitative estimate of drug-likeness (QED) is 0.845. The first-order chi connectivity index (χ1) is 10.2. The van der Waals surface area contributed by atoms with Crippen molar-refractivity contribution in [3.63, 3.8) is 0 Å². The molecule has 7 heteroatoms. The second kappa shape index (κ2) is 6.67. The van der Waals surface area contributed by atoms with Gasteiger partial charge in [-0.15, -0.1) is 0 Å². The highest BCUT2D eigenvalue weighted by atomic mass is 16.5. The molecule has 0 bridgehead atoms. The molecule has 2 rings (SSSR count). The normalized spacial score (nSPS) is 10.2. The topological polar surface area (TPSA) is 90.7 Å². The van der Waals surface area contributed by atoms with Crippen LogP contribution in [0, 0.1) is 0 Å². The molecule has 1 aromatic heterocycles. The van der Waals surface area contributed by atoms with E-state index in [1.807, 2.05) is 0 Å². The highest BCUT2D eigenvalue weighted by Gasteiger charge is 2.17. The van der Waals surface area contributed by atoms with E-state index in [1.54, 1.807) is 24.3 Å². The Morgan fingerprint density at radius 2 is 2.05 bits per heavy atom. The number of nitrogens with zero attached hydrogens (tertiary/aromatic N) is 1. The summed E-state index contributed by atoms with van der Waals surface area (Å²) in [5, 5.41) is 6.24. The number of hydrogen-bond donors (Lipinski definition) is 1. The Bertz CT molecular complexity index is 650. The Morgan fingerprint density at radius 3 is 2.76 bits per heavy atom. The maximum atomic E-state index is 12.1. The van der Waals surface area contributed by atoms with Gasteiger partial charge in [0.25, 0.3) is 5.91 Å². The molecule has 0 aliphatic heterocycles. The number of para-hydroxylation sites is 1. The van der Waals surface area contributed by atoms with Crippen LogP contribution in [0.15, 0.2) is 34.9 Å². The van der Waals surface area contributed by atoms with E-state index in [1.165, 1.54) is 20.3 Å². The van der Waals surface area contributed by atoms with E-state index in [9.17, 15) is 9.59 Å². The summed E-state index contributed by atoms with van der Waals surface area (Å²) in [7, 11) is 2.78. The molecule has 0 unspecified atom stereocenters. The number of benzene rings is 1. The van der Waals surface area contributed by atoms with E-state index in [-0.39, 0.29) is 17.9 Å². The Hall–Kier alpha value is -2.67. The third-order valence-electron chi connectivity index (χ3n) is 2.66. The Labute approximate surface area is 120 Å². The highest BCUT2D eigenvalue weighted by molar-refractivity contribution is 6.07. The van der Waals surface area contributed by atoms with Crippen LogP contribution in [0.25, 0.3) is 0 Å². The number of rotatable bonds is 5. The van der Waals surface area contributed by atoms with Gasteiger partial charge in [-0.3, -0.25) is 4.79 Å². The van der Waals surface area contributed by atoms with Crippen molar-refractivity contribution in [3.8, 4) is 0 Å². The number of amides is 1. The fraction of sp³-hybridized carbons (Fsp3) is 0.214. The number of aromatic nitrogens is 1. The number of nitrogens with one attached hydrogen (secondary N) is 1. The lowest BCUT2D eigenvalue weighted by Crippen LogP contribution is -2.15. The monoisotopic (exact) mass is 290 g/mol. The van der Waals surface area contributed by atoms with Crippen molar-refractivity contribution in [3.05, 3.63) is 47.3 Å². The van der Waals surface area contributed by atoms with Crippen LogP contribution in [0.4, 0.5) is 5.69 Å². The molecule has 0 atom stereocenters. The van der Waals surface area contributed by atoms with Crippen molar-refractivity contribution < 1.29 is 23.6 Å². The molecule has 0 spiro atoms. The molecule has 1 heterocycles. The Kier molecular flexibility index (Phi) is 4.68. The van der Waals surface area contributed by atoms with Crippen molar-refractivity contribution in [2.24, 2.45) is 0 Å². The molecular weight excluding hydrogens is 276 g/mol. The van der Waals surface area contributed by atoms with Crippen LogP contribution in [0.1, 0.15) is 26.6 Å². The van der Waals surface area contributed by atoms with Gasteiger partial charge < -0.3 is 19.3 Å². The zero-order valence-corrected chi connectivity index (χ0v) is 11.6. The third kappa shape index (κ3) is 3.46. The molecule has 1 aromatic carbocycles. The summed E-state index contributed by atoms with van der Waals surface area (Å²) < 4.78 is 14.5. The number of carbonyl (C=O) groups excluding carboxylic acids is 2. The van der Waals surface area contributed by atoms with Gasteiger partial charge in [-0.05, 0) is 12.1 Å². The van der Waals surface area contributed by atoms with E-state index in [0.29, 0.717) is 11.4 Å². The van der Waals surface area contributed by atoms with Crippen LogP contribution in [0.5, 0.6) is 0 Å². The second-order valence-corrected chi connectivity index (χ2v) is 4.10. The summed E-state index contributed by atoms with van der Waals surface area (Å²) in [4.78, 5) is 23.7. The van der Waals surface area contributed by atoms with E-state index < -0.39 is 11.9 Å². The molecule has 0 aliphatic rings. The van der Waals surface area contributed by atoms with Crippen LogP contribution in [0.2, 0.25) is 0 Å². The maximum absolute atomic E-state index is 12.1. The zero-order chi connectivity index (χ0) is 15.2. The molecule has 0 aliphatic carbocycles. The molecule has 110 valence electrons. The minimum absolute atomic E-state index is 0.0988. The van der Waals surface area contributed by atoms with Crippen LogP contribution in [-0.4, -0.2) is 31.3 Å². The Morgan fingerprint density at radius 1 is 1.29 bits per heavy atom. The van der Waals surface area contributed by atoms with Gasteiger partial charge in [-0.1, -0.05) is 17.3 Å². The molecule has 1 amide bonds. The third-order valence-corrected chi connectivity index (χ3v) is 2.66. The first kappa shape index (κ1) is 14.7. The summed E-state index contributed by atoms with van der Waals surface area (Å²) in [6.07, 6.45) is 0. The van der Waals surface area contributed by atoms with Gasteiger partial charge in [0.15, 0.2) is 11.5 Å². The fourth-order valence-corrected chi connectivity index (χ4v) is 1.70. The Balaban J connectivity index is 2.17. The first-order valence-electron chi connectivity index (χ1n) is 6.09. The zero-order valence-electron chi connectivity index (χ0n) is 11.6. The van der Waals surface area contributed by atoms with Crippen molar-refractivity contribution in [2.45, 2.75) is 6.61 Å². The molecule has 0 saturated heterocycles. The van der Waals surface area contributed by atoms with Gasteiger partial charge >= 0.3 is 5.97 Å². The van der Waals surface area contributed by atoms with Gasteiger partial charge in [0.05, 0.1) is 18.4 Å². The lowest BCUT2D eigenvalue weighted by Gasteiger charge is -2.07. The van der Waals surface area contributed by atoms with Gasteiger partial charge in [-0.2, -0.15) is 0 Å². The molecule has 2 aromatic rings. The number of hydrogen-bond acceptors (Lipinski definition) is 6. The summed E-state index contributed by atoms with van der Waals surface area (Å²) in [6, 6.07) is 8.00. The van der Waals surface area contributed by atoms with Gasteiger partial charge in [-0.25, -0.2) is 4.79 Å². The summed E-state index contributed by atoms with van der Waals surface area (Å²) >= 11 is 0. The summed E-state index contributed by atoms with van der Waals surface area (Å²) in [5.74, 6) is -0.590. The smallest absolute Gasteiger partial charge is 0.339 e. The van der Waals surface area contributed by atoms with Gasteiger partial charge in [0, 0.05) is 13.2 Å². The van der Waals surface area contributed by atoms with Crippen LogP contribution in [-0.2, 0) is 16.1 Å². The largest absolute Gasteiger partial charge is 0.465 e. The predicted molar refractivity (Wildman–Crippen MR) is 73.0 cm³/mol. The van der Waals surface area contributed by atoms with E-state index >= 15 is 0 Å². The average molecular weight is 290 g/mol. The molecule has 0 saturated carbocycles. The number of esters is 1. The SMILES string of the molecule is COCc1cc(C(=O)Nc2ccccc2C(=O)OC)no1. The van der Waals surface area contributed by atoms with Crippen molar-refractivity contribution >= 4 is 17.6 Å². The minimum Gasteiger partial charge on any atom is -0.465 e. The number of ether oxygens (including phenoxy) is 2. The predicted octanol–water partition coefficient (Wildman–Crippen LogP) is 1.86. The molecule has 0 radical (unpaired) electrons. The van der Waals surface area contributed by atoms with Crippen LogP contribution in [0.3, 0.4) is 0 Å². The second-order valence-electron chi connectivity index (χ2n) is 4.10. The van der Waals surface area contributed by atoms with Crippen LogP contribution >= 0.6 is 0 Å². The molecule has 7 nitrogen and oxygen atoms in total. The van der Waals surface area contributed by atoms with E-state index in [0.717, 1.165) is 0 Å². The van der Waals surface area contributed by atoms with Gasteiger partial charge in [0.2, 0.25) is 0 Å². The molecule has 0 fully saturated rings. The standard InChI is InChI=1S/C14H14N2O5/c1-19-8-9-7-12(16-21-9)13(17)15-11-6-4-3-5-10(11)14(18)20-2/h3-7H,8H2,1-2H3,(H,15,17). The van der Waals surface area contributed by atoms with Crippen molar-refractivity contribution in [1.82, 2.24) is 5.16 Å². The molecule has 21 heavy (non-hydrogen) atoms. The lowest BCUT2D eigenvalue weighted by molar-refractivity contribution is 0.0602. The number of methoxy groups -OCH3 is 2. The molecular formula is C14H14N2O5. The van der Waals surface area contributed by atoms with Crippen LogP contribution < -0.4 is 5.32 Å². The minimum atomic E-state index is -0.536. The number of anilines is 1. The van der Waals surface area contributed by atoms with Crippen molar-refractivity contribution in [2.75, 3.05) is 19.5 Å². The fourth-order valence-electron chi connectivity index (χ4n) is 1.70. The van der Waals surface area contributed by atoms with E-state index in [2.05, 4.69) is 15.2 Å². The number of carbonyl (C=O) groups is 2. The molecule has 1 N–H and O–H groups in total. The summed E-state index contributed by atoms with van der Waals surface area (Å²) in [6.45, 7) is 0.221.